The van der Waals surface area contributed by atoms with E-state index in [2.05, 4.69) is 0 Å². The second-order valence-corrected chi connectivity index (χ2v) is 5.13. The Morgan fingerprint density at radius 2 is 2.18 bits per heavy atom. The number of ketones is 1. The van der Waals surface area contributed by atoms with Crippen molar-refractivity contribution >= 4 is 29.0 Å². The van der Waals surface area contributed by atoms with Crippen molar-refractivity contribution in [1.82, 2.24) is 0 Å². The van der Waals surface area contributed by atoms with E-state index in [0.29, 0.717) is 0 Å². The van der Waals surface area contributed by atoms with Crippen molar-refractivity contribution in [2.75, 3.05) is 0 Å². The third-order valence-electron chi connectivity index (χ3n) is 3.30. The van der Waals surface area contributed by atoms with Gasteiger partial charge in [-0.15, -0.1) is 0 Å². The molecule has 2 unspecified atom stereocenters. The molecule has 2 rings (SSSR count). The fourth-order valence-corrected chi connectivity index (χ4v) is 3.10. The van der Waals surface area contributed by atoms with Gasteiger partial charge in [-0.3, -0.25) is 4.79 Å². The summed E-state index contributed by atoms with van der Waals surface area (Å²) in [6.07, 6.45) is 3.07. The van der Waals surface area contributed by atoms with E-state index in [0.717, 1.165) is 19.3 Å². The van der Waals surface area contributed by atoms with Crippen molar-refractivity contribution in [3.8, 4) is 0 Å². The van der Waals surface area contributed by atoms with E-state index in [1.165, 1.54) is 0 Å². The zero-order valence-electron chi connectivity index (χ0n) is 6.36. The number of halogens is 2. The highest BCUT2D eigenvalue weighted by Gasteiger charge is 2.69. The van der Waals surface area contributed by atoms with Gasteiger partial charge in [-0.1, -0.05) is 36.5 Å². The van der Waals surface area contributed by atoms with E-state index in [9.17, 15) is 4.79 Å². The number of fused-ring (bicyclic) bond motifs is 1. The van der Waals surface area contributed by atoms with Gasteiger partial charge in [-0.2, -0.15) is 0 Å². The molecule has 2 aliphatic rings. The first-order valence-corrected chi connectivity index (χ1v) is 4.68. The monoisotopic (exact) mass is 192 g/mol. The molecule has 2 saturated carbocycles. The number of carbonyl (C=O) groups is 1. The van der Waals surface area contributed by atoms with Crippen molar-refractivity contribution in [3.63, 3.8) is 0 Å². The van der Waals surface area contributed by atoms with Crippen molar-refractivity contribution in [2.24, 2.45) is 11.3 Å². The standard InChI is InChI=1S/C8H10Cl2O/c1-7-4-2-3-5(7)6(11)8(7,9)10/h5H,2-4H2,1H3. The van der Waals surface area contributed by atoms with Gasteiger partial charge in [0.1, 0.15) is 0 Å². The average Bonchev–Trinajstić information content (AvgIpc) is 2.30. The Hall–Kier alpha value is 0.250. The molecule has 0 aromatic heterocycles. The Labute approximate surface area is 76.1 Å². The number of alkyl halides is 2. The van der Waals surface area contributed by atoms with Crippen molar-refractivity contribution < 1.29 is 4.79 Å². The normalized spacial score (nSPS) is 46.8. The third-order valence-corrected chi connectivity index (χ3v) is 4.54. The third kappa shape index (κ3) is 0.671. The van der Waals surface area contributed by atoms with Crippen LogP contribution in [0.5, 0.6) is 0 Å². The van der Waals surface area contributed by atoms with E-state index in [1.807, 2.05) is 6.92 Å². The van der Waals surface area contributed by atoms with Crippen LogP contribution in [0.25, 0.3) is 0 Å². The van der Waals surface area contributed by atoms with Gasteiger partial charge >= 0.3 is 0 Å². The van der Waals surface area contributed by atoms with Crippen LogP contribution in [-0.2, 0) is 4.79 Å². The molecule has 0 N–H and O–H groups in total. The summed E-state index contributed by atoms with van der Waals surface area (Å²) < 4.78 is -1.08. The smallest absolute Gasteiger partial charge is 0.182 e. The number of Topliss-reactive ketones (excluding diaryl/α,β-unsaturated/α-hetero) is 1. The van der Waals surface area contributed by atoms with Gasteiger partial charge < -0.3 is 0 Å². The van der Waals surface area contributed by atoms with E-state index >= 15 is 0 Å². The summed E-state index contributed by atoms with van der Waals surface area (Å²) >= 11 is 11.8. The summed E-state index contributed by atoms with van der Waals surface area (Å²) in [7, 11) is 0. The summed E-state index contributed by atoms with van der Waals surface area (Å²) in [4.78, 5) is 11.3. The van der Waals surface area contributed by atoms with Crippen LogP contribution in [-0.4, -0.2) is 10.1 Å². The van der Waals surface area contributed by atoms with E-state index in [-0.39, 0.29) is 17.1 Å². The van der Waals surface area contributed by atoms with Crippen LogP contribution in [0.15, 0.2) is 0 Å². The SMILES string of the molecule is CC12CCCC1C(=O)C2(Cl)Cl. The molecule has 11 heavy (non-hydrogen) atoms. The van der Waals surface area contributed by atoms with Gasteiger partial charge in [-0.25, -0.2) is 0 Å². The average molecular weight is 193 g/mol. The molecule has 0 aromatic rings. The van der Waals surface area contributed by atoms with Gasteiger partial charge in [0.2, 0.25) is 0 Å². The molecule has 0 aromatic carbocycles. The number of carbonyl (C=O) groups excluding carboxylic acids is 1. The Morgan fingerprint density at radius 1 is 1.55 bits per heavy atom. The molecule has 0 bridgehead atoms. The highest BCUT2D eigenvalue weighted by atomic mass is 35.5. The first-order valence-electron chi connectivity index (χ1n) is 3.92. The molecule has 0 amide bonds. The molecule has 0 heterocycles. The predicted octanol–water partition coefficient (Wildman–Crippen LogP) is 2.55. The van der Waals surface area contributed by atoms with Crippen LogP contribution >= 0.6 is 23.2 Å². The summed E-state index contributed by atoms with van der Waals surface area (Å²) in [5.41, 5.74) is -0.118. The van der Waals surface area contributed by atoms with Gasteiger partial charge in [-0.05, 0) is 12.8 Å². The van der Waals surface area contributed by atoms with Gasteiger partial charge in [0.25, 0.3) is 0 Å². The van der Waals surface area contributed by atoms with Crippen LogP contribution in [0.3, 0.4) is 0 Å². The van der Waals surface area contributed by atoms with E-state index < -0.39 is 4.33 Å². The van der Waals surface area contributed by atoms with Crippen LogP contribution in [0.4, 0.5) is 0 Å². The summed E-state index contributed by atoms with van der Waals surface area (Å²) in [5.74, 6) is 0.193. The topological polar surface area (TPSA) is 17.1 Å². The highest BCUT2D eigenvalue weighted by Crippen LogP contribution is 2.65. The molecule has 0 radical (unpaired) electrons. The highest BCUT2D eigenvalue weighted by molar-refractivity contribution is 6.61. The molecule has 0 aliphatic heterocycles. The second-order valence-electron chi connectivity index (χ2n) is 3.80. The molecule has 2 fully saturated rings. The lowest BCUT2D eigenvalue weighted by atomic mass is 9.61. The zero-order chi connectivity index (χ0) is 8.28. The largest absolute Gasteiger partial charge is 0.296 e. The molecule has 3 heteroatoms. The zero-order valence-corrected chi connectivity index (χ0v) is 7.87. The molecule has 0 spiro atoms. The Balaban J connectivity index is 2.36. The van der Waals surface area contributed by atoms with Crippen molar-refractivity contribution in [2.45, 2.75) is 30.5 Å². The first kappa shape index (κ1) is 7.88. The molecule has 0 saturated heterocycles. The van der Waals surface area contributed by atoms with Crippen molar-refractivity contribution in [3.05, 3.63) is 0 Å². The summed E-state index contributed by atoms with van der Waals surface area (Å²) in [6.45, 7) is 2.02. The summed E-state index contributed by atoms with van der Waals surface area (Å²) in [5, 5.41) is 0. The summed E-state index contributed by atoms with van der Waals surface area (Å²) in [6, 6.07) is 0. The Kier molecular flexibility index (Phi) is 1.39. The second kappa shape index (κ2) is 1.94. The minimum absolute atomic E-state index is 0.0424. The van der Waals surface area contributed by atoms with Gasteiger partial charge in [0, 0.05) is 11.3 Å². The maximum absolute atomic E-state index is 11.3. The number of rotatable bonds is 0. The van der Waals surface area contributed by atoms with Crippen molar-refractivity contribution in [1.29, 1.82) is 0 Å². The molecule has 1 nitrogen and oxygen atoms in total. The lowest BCUT2D eigenvalue weighted by Crippen LogP contribution is -2.61. The lowest BCUT2D eigenvalue weighted by molar-refractivity contribution is -0.140. The van der Waals surface area contributed by atoms with Crippen LogP contribution in [0.1, 0.15) is 26.2 Å². The van der Waals surface area contributed by atoms with Crippen LogP contribution in [0.2, 0.25) is 0 Å². The Morgan fingerprint density at radius 3 is 2.73 bits per heavy atom. The van der Waals surface area contributed by atoms with Crippen LogP contribution < -0.4 is 0 Å². The van der Waals surface area contributed by atoms with Gasteiger partial charge in [0.15, 0.2) is 10.1 Å². The first-order chi connectivity index (χ1) is 5.00. The Bertz CT molecular complexity index is 224. The minimum atomic E-state index is -1.08. The van der Waals surface area contributed by atoms with Gasteiger partial charge in [0.05, 0.1) is 0 Å². The van der Waals surface area contributed by atoms with E-state index in [4.69, 9.17) is 23.2 Å². The minimum Gasteiger partial charge on any atom is -0.296 e. The fraction of sp³-hybridized carbons (Fsp3) is 0.875. The molecule has 62 valence electrons. The quantitative estimate of drug-likeness (QED) is 0.540. The molecular weight excluding hydrogens is 183 g/mol. The number of hydrogen-bond acceptors (Lipinski definition) is 1. The van der Waals surface area contributed by atoms with E-state index in [1.54, 1.807) is 0 Å². The molecule has 2 atom stereocenters. The van der Waals surface area contributed by atoms with Crippen LogP contribution in [0, 0.1) is 11.3 Å². The maximum Gasteiger partial charge on any atom is 0.182 e. The molecular formula is C8H10Cl2O. The molecule has 2 aliphatic carbocycles. The fourth-order valence-electron chi connectivity index (χ4n) is 2.38. The number of hydrogen-bond donors (Lipinski definition) is 0. The lowest BCUT2D eigenvalue weighted by Gasteiger charge is -2.51. The maximum atomic E-state index is 11.3. The predicted molar refractivity (Wildman–Crippen MR) is 44.9 cm³/mol.